The Balaban J connectivity index is 2.84. The van der Waals surface area contributed by atoms with E-state index in [0.717, 1.165) is 0 Å². The highest BCUT2D eigenvalue weighted by Crippen LogP contribution is 2.07. The quantitative estimate of drug-likeness (QED) is 0.715. The van der Waals surface area contributed by atoms with Crippen molar-refractivity contribution < 1.29 is 0 Å². The maximum Gasteiger partial charge on any atom is 0.229 e. The Hall–Kier alpha value is -1.61. The Kier molecular flexibility index (Phi) is 2.82. The number of aromatic nitrogens is 3. The summed E-state index contributed by atoms with van der Waals surface area (Å²) in [4.78, 5) is 11.0. The van der Waals surface area contributed by atoms with Crippen LogP contribution in [0.2, 0.25) is 5.28 Å². The van der Waals surface area contributed by atoms with Gasteiger partial charge in [-0.25, -0.2) is 0 Å². The summed E-state index contributed by atoms with van der Waals surface area (Å²) in [5.41, 5.74) is 5.31. The van der Waals surface area contributed by atoms with Crippen LogP contribution in [0, 0.1) is 11.3 Å². The van der Waals surface area contributed by atoms with E-state index in [1.165, 1.54) is 0 Å². The summed E-state index contributed by atoms with van der Waals surface area (Å²) < 4.78 is 0. The highest BCUT2D eigenvalue weighted by atomic mass is 35.5. The molecule has 0 bridgehead atoms. The van der Waals surface area contributed by atoms with Crippen LogP contribution in [-0.4, -0.2) is 21.0 Å². The molecule has 68 valence electrons. The summed E-state index contributed by atoms with van der Waals surface area (Å²) in [6, 6.07) is 1.55. The molecule has 1 aromatic rings. The van der Waals surface area contributed by atoms with E-state index in [1.54, 1.807) is 6.92 Å². The molecule has 0 aliphatic carbocycles. The molecular formula is C6H7ClN6. The van der Waals surface area contributed by atoms with E-state index in [1.807, 2.05) is 6.07 Å². The molecule has 0 saturated carbocycles. The van der Waals surface area contributed by atoms with Crippen LogP contribution >= 0.6 is 11.6 Å². The van der Waals surface area contributed by atoms with Crippen LogP contribution in [0.25, 0.3) is 0 Å². The van der Waals surface area contributed by atoms with Gasteiger partial charge in [0, 0.05) is 0 Å². The van der Waals surface area contributed by atoms with E-state index in [9.17, 15) is 0 Å². The highest BCUT2D eigenvalue weighted by molar-refractivity contribution is 6.28. The second kappa shape index (κ2) is 3.87. The molecular weight excluding hydrogens is 192 g/mol. The van der Waals surface area contributed by atoms with Gasteiger partial charge in [-0.3, -0.25) is 0 Å². The molecule has 0 spiro atoms. The van der Waals surface area contributed by atoms with Crippen LogP contribution in [0.15, 0.2) is 0 Å². The summed E-state index contributed by atoms with van der Waals surface area (Å²) in [6.07, 6.45) is 0. The Morgan fingerprint density at radius 2 is 2.23 bits per heavy atom. The molecule has 0 fully saturated rings. The summed E-state index contributed by atoms with van der Waals surface area (Å²) in [5, 5.41) is 11.2. The Bertz CT molecular complexity index is 325. The van der Waals surface area contributed by atoms with Crippen molar-refractivity contribution in [2.45, 2.75) is 13.0 Å². The zero-order valence-electron chi connectivity index (χ0n) is 6.82. The predicted octanol–water partition coefficient (Wildman–Crippen LogP) is 0.431. The Morgan fingerprint density at radius 1 is 1.54 bits per heavy atom. The van der Waals surface area contributed by atoms with E-state index in [4.69, 9.17) is 22.6 Å². The van der Waals surface area contributed by atoms with Crippen LogP contribution in [0.5, 0.6) is 0 Å². The molecule has 1 aromatic heterocycles. The summed E-state index contributed by atoms with van der Waals surface area (Å²) in [7, 11) is 0. The molecule has 6 nitrogen and oxygen atoms in total. The monoisotopic (exact) mass is 198 g/mol. The lowest BCUT2D eigenvalue weighted by molar-refractivity contribution is 0.950. The number of nitrogen functional groups attached to an aromatic ring is 1. The fourth-order valence-corrected chi connectivity index (χ4v) is 0.823. The van der Waals surface area contributed by atoms with Gasteiger partial charge in [-0.15, -0.1) is 0 Å². The molecule has 1 unspecified atom stereocenters. The van der Waals surface area contributed by atoms with Crippen LogP contribution in [0.1, 0.15) is 6.92 Å². The van der Waals surface area contributed by atoms with Crippen LogP contribution in [-0.2, 0) is 0 Å². The number of hydrogen-bond acceptors (Lipinski definition) is 6. The van der Waals surface area contributed by atoms with Gasteiger partial charge in [0.15, 0.2) is 0 Å². The number of nitrogens with zero attached hydrogens (tertiary/aromatic N) is 4. The summed E-state index contributed by atoms with van der Waals surface area (Å²) in [6.45, 7) is 1.66. The smallest absolute Gasteiger partial charge is 0.229 e. The van der Waals surface area contributed by atoms with Crippen molar-refractivity contribution in [2.75, 3.05) is 11.1 Å². The maximum atomic E-state index is 8.49. The fourth-order valence-electron chi connectivity index (χ4n) is 0.656. The van der Waals surface area contributed by atoms with Crippen molar-refractivity contribution in [3.8, 4) is 6.07 Å². The van der Waals surface area contributed by atoms with Crippen LogP contribution in [0.4, 0.5) is 11.9 Å². The van der Waals surface area contributed by atoms with Gasteiger partial charge < -0.3 is 11.1 Å². The molecule has 3 N–H and O–H groups in total. The first-order valence-electron chi connectivity index (χ1n) is 3.45. The Labute approximate surface area is 79.8 Å². The largest absolute Gasteiger partial charge is 0.368 e. The third-order valence-electron chi connectivity index (χ3n) is 1.16. The zero-order chi connectivity index (χ0) is 9.84. The topological polar surface area (TPSA) is 101 Å². The van der Waals surface area contributed by atoms with Crippen molar-refractivity contribution in [3.05, 3.63) is 5.28 Å². The van der Waals surface area contributed by atoms with Crippen LogP contribution in [0.3, 0.4) is 0 Å². The number of rotatable bonds is 2. The fraction of sp³-hybridized carbons (Fsp3) is 0.333. The average molecular weight is 199 g/mol. The van der Waals surface area contributed by atoms with Crippen molar-refractivity contribution in [2.24, 2.45) is 0 Å². The molecule has 1 heterocycles. The average Bonchev–Trinajstić information content (AvgIpc) is 2.02. The normalized spacial score (nSPS) is 11.8. The van der Waals surface area contributed by atoms with E-state index >= 15 is 0 Å². The molecule has 0 amide bonds. The second-order valence-corrected chi connectivity index (χ2v) is 2.62. The third kappa shape index (κ3) is 2.72. The summed E-state index contributed by atoms with van der Waals surface area (Å²) >= 11 is 5.51. The minimum atomic E-state index is -0.405. The number of nitrogens with two attached hydrogens (primary N) is 1. The van der Waals surface area contributed by atoms with Gasteiger partial charge in [-0.2, -0.15) is 20.2 Å². The molecule has 0 aromatic carbocycles. The third-order valence-corrected chi connectivity index (χ3v) is 1.33. The molecule has 13 heavy (non-hydrogen) atoms. The lowest BCUT2D eigenvalue weighted by atomic mass is 10.4. The van der Waals surface area contributed by atoms with E-state index < -0.39 is 6.04 Å². The van der Waals surface area contributed by atoms with Gasteiger partial charge in [0.1, 0.15) is 6.04 Å². The SMILES string of the molecule is CC(C#N)Nc1nc(N)nc(Cl)n1. The molecule has 0 aliphatic rings. The van der Waals surface area contributed by atoms with E-state index in [0.29, 0.717) is 0 Å². The minimum absolute atomic E-state index is 0.000129. The van der Waals surface area contributed by atoms with E-state index in [2.05, 4.69) is 20.3 Å². The molecule has 0 radical (unpaired) electrons. The molecule has 0 saturated heterocycles. The maximum absolute atomic E-state index is 8.49. The second-order valence-electron chi connectivity index (χ2n) is 2.28. The minimum Gasteiger partial charge on any atom is -0.368 e. The molecule has 1 rings (SSSR count). The lowest BCUT2D eigenvalue weighted by Gasteiger charge is -2.05. The number of hydrogen-bond donors (Lipinski definition) is 2. The number of nitriles is 1. The van der Waals surface area contributed by atoms with Crippen molar-refractivity contribution in [1.82, 2.24) is 15.0 Å². The van der Waals surface area contributed by atoms with Crippen molar-refractivity contribution in [1.29, 1.82) is 5.26 Å². The van der Waals surface area contributed by atoms with Crippen molar-refractivity contribution >= 4 is 23.5 Å². The lowest BCUT2D eigenvalue weighted by Crippen LogP contribution is -2.15. The summed E-state index contributed by atoms with van der Waals surface area (Å²) in [5.74, 6) is 0.221. The van der Waals surface area contributed by atoms with Crippen LogP contribution < -0.4 is 11.1 Å². The highest BCUT2D eigenvalue weighted by Gasteiger charge is 2.04. The first-order valence-corrected chi connectivity index (χ1v) is 3.83. The molecule has 7 heteroatoms. The van der Waals surface area contributed by atoms with Crippen molar-refractivity contribution in [3.63, 3.8) is 0 Å². The number of halogens is 1. The first-order chi connectivity index (χ1) is 6.11. The Morgan fingerprint density at radius 3 is 2.77 bits per heavy atom. The van der Waals surface area contributed by atoms with Gasteiger partial charge in [0.2, 0.25) is 17.2 Å². The van der Waals surface area contributed by atoms with Gasteiger partial charge >= 0.3 is 0 Å². The van der Waals surface area contributed by atoms with Gasteiger partial charge in [0.05, 0.1) is 6.07 Å². The number of anilines is 2. The zero-order valence-corrected chi connectivity index (χ0v) is 7.58. The molecule has 0 aliphatic heterocycles. The molecule has 1 atom stereocenters. The number of nitrogens with one attached hydrogen (secondary N) is 1. The van der Waals surface area contributed by atoms with Gasteiger partial charge in [0.25, 0.3) is 0 Å². The predicted molar refractivity (Wildman–Crippen MR) is 47.9 cm³/mol. The standard InChI is InChI=1S/C6H7ClN6/c1-3(2-8)10-6-12-4(7)11-5(9)13-6/h3H,1H3,(H3,9,10,11,12,13). The van der Waals surface area contributed by atoms with E-state index in [-0.39, 0.29) is 17.2 Å². The first kappa shape index (κ1) is 9.48. The van der Waals surface area contributed by atoms with Gasteiger partial charge in [-0.1, -0.05) is 0 Å². The van der Waals surface area contributed by atoms with Gasteiger partial charge in [-0.05, 0) is 18.5 Å².